The zero-order chi connectivity index (χ0) is 24.6. The fourth-order valence-corrected chi connectivity index (χ4v) is 5.94. The van der Waals surface area contributed by atoms with E-state index in [1.54, 1.807) is 23.0 Å². The molecular weight excluding hydrogens is 446 g/mol. The maximum atomic E-state index is 14.0. The number of rotatable bonds is 7. The number of nitrogens with zero attached hydrogens (tertiary/aromatic N) is 3. The van der Waals surface area contributed by atoms with Crippen molar-refractivity contribution in [2.24, 2.45) is 0 Å². The molecule has 0 aromatic heterocycles. The lowest BCUT2D eigenvalue weighted by atomic mass is 9.85. The standard InChI is InChI=1S/C27H33N3O5/c1-34-15-14-29-26(33)30(22-16-19-6-3-4-7-20(19)17-22)25(32)27(29)10-12-28(13-11-27)18-21-8-5-9-23(35-2)24(21)31/h3-9,22,31H,10-18H2,1-2H3. The number of methoxy groups -OCH3 is 2. The van der Waals surface area contributed by atoms with Gasteiger partial charge in [0, 0.05) is 44.9 Å². The first-order chi connectivity index (χ1) is 17.0. The lowest BCUT2D eigenvalue weighted by Gasteiger charge is -2.42. The van der Waals surface area contributed by atoms with Crippen LogP contribution >= 0.6 is 0 Å². The number of phenols is 1. The number of carbonyl (C=O) groups is 2. The number of imide groups is 1. The van der Waals surface area contributed by atoms with Gasteiger partial charge in [-0.25, -0.2) is 4.79 Å². The fraction of sp³-hybridized carbons (Fsp3) is 0.481. The first kappa shape index (κ1) is 23.6. The molecule has 1 aliphatic carbocycles. The van der Waals surface area contributed by atoms with Crippen molar-refractivity contribution in [2.45, 2.75) is 43.8 Å². The van der Waals surface area contributed by atoms with E-state index in [1.807, 2.05) is 24.3 Å². The minimum atomic E-state index is -0.836. The third-order valence-electron chi connectivity index (χ3n) is 7.86. The van der Waals surface area contributed by atoms with E-state index in [0.717, 1.165) is 5.56 Å². The highest BCUT2D eigenvalue weighted by Crippen LogP contribution is 2.41. The number of carbonyl (C=O) groups excluding carboxylic acids is 2. The van der Waals surface area contributed by atoms with Crippen LogP contribution in [0.1, 0.15) is 29.5 Å². The summed E-state index contributed by atoms with van der Waals surface area (Å²) in [5.41, 5.74) is 2.39. The van der Waals surface area contributed by atoms with Crippen LogP contribution in [0.15, 0.2) is 42.5 Å². The molecule has 0 radical (unpaired) electrons. The van der Waals surface area contributed by atoms with E-state index in [9.17, 15) is 14.7 Å². The predicted molar refractivity (Wildman–Crippen MR) is 130 cm³/mol. The molecule has 3 amide bonds. The Labute approximate surface area is 206 Å². The summed E-state index contributed by atoms with van der Waals surface area (Å²) in [5.74, 6) is 0.530. The molecular formula is C27H33N3O5. The molecule has 1 spiro atoms. The van der Waals surface area contributed by atoms with Crippen molar-refractivity contribution in [1.29, 1.82) is 0 Å². The van der Waals surface area contributed by atoms with Gasteiger partial charge in [0.25, 0.3) is 5.91 Å². The molecule has 2 aromatic rings. The zero-order valence-corrected chi connectivity index (χ0v) is 20.4. The van der Waals surface area contributed by atoms with Crippen molar-refractivity contribution in [3.63, 3.8) is 0 Å². The number of para-hydroxylation sites is 1. The van der Waals surface area contributed by atoms with Crippen LogP contribution in [-0.4, -0.2) is 83.8 Å². The van der Waals surface area contributed by atoms with Crippen LogP contribution in [0, 0.1) is 0 Å². The molecule has 2 heterocycles. The number of amides is 3. The average molecular weight is 480 g/mol. The largest absolute Gasteiger partial charge is 0.504 e. The minimum absolute atomic E-state index is 0.0692. The fourth-order valence-electron chi connectivity index (χ4n) is 5.94. The van der Waals surface area contributed by atoms with E-state index in [-0.39, 0.29) is 23.7 Å². The lowest BCUT2D eigenvalue weighted by molar-refractivity contribution is -0.137. The van der Waals surface area contributed by atoms with Crippen LogP contribution in [0.25, 0.3) is 0 Å². The first-order valence-corrected chi connectivity index (χ1v) is 12.3. The van der Waals surface area contributed by atoms with E-state index in [1.165, 1.54) is 18.2 Å². The van der Waals surface area contributed by atoms with Gasteiger partial charge < -0.3 is 19.5 Å². The Hall–Kier alpha value is -3.10. The molecule has 2 saturated heterocycles. The smallest absolute Gasteiger partial charge is 0.328 e. The van der Waals surface area contributed by atoms with Crippen LogP contribution in [0.2, 0.25) is 0 Å². The molecule has 0 saturated carbocycles. The van der Waals surface area contributed by atoms with Crippen molar-refractivity contribution in [3.8, 4) is 11.5 Å². The number of hydrogen-bond acceptors (Lipinski definition) is 6. The molecule has 8 nitrogen and oxygen atoms in total. The molecule has 0 bridgehead atoms. The molecule has 8 heteroatoms. The van der Waals surface area contributed by atoms with Crippen molar-refractivity contribution >= 4 is 11.9 Å². The molecule has 2 aromatic carbocycles. The lowest BCUT2D eigenvalue weighted by Crippen LogP contribution is -2.57. The van der Waals surface area contributed by atoms with Crippen LogP contribution in [0.4, 0.5) is 4.79 Å². The molecule has 0 atom stereocenters. The van der Waals surface area contributed by atoms with Crippen LogP contribution in [0.5, 0.6) is 11.5 Å². The van der Waals surface area contributed by atoms with Crippen LogP contribution in [-0.2, 0) is 28.9 Å². The van der Waals surface area contributed by atoms with E-state index in [0.29, 0.717) is 64.2 Å². The molecule has 2 aliphatic heterocycles. The number of aromatic hydroxyl groups is 1. The predicted octanol–water partition coefficient (Wildman–Crippen LogP) is 2.81. The normalized spacial score (nSPS) is 20.2. The molecule has 3 aliphatic rings. The Balaban J connectivity index is 1.34. The third kappa shape index (κ3) is 4.04. The first-order valence-electron chi connectivity index (χ1n) is 12.3. The van der Waals surface area contributed by atoms with Gasteiger partial charge in [-0.1, -0.05) is 36.4 Å². The number of urea groups is 1. The Morgan fingerprint density at radius 2 is 1.69 bits per heavy atom. The van der Waals surface area contributed by atoms with Gasteiger partial charge in [-0.2, -0.15) is 0 Å². The number of fused-ring (bicyclic) bond motifs is 1. The monoisotopic (exact) mass is 479 g/mol. The van der Waals surface area contributed by atoms with Crippen LogP contribution < -0.4 is 4.74 Å². The number of piperidine rings is 1. The SMILES string of the molecule is COCCN1C(=O)N(C2Cc3ccccc3C2)C(=O)C12CCN(Cc1cccc(OC)c1O)CC2. The summed E-state index contributed by atoms with van der Waals surface area (Å²) in [5, 5.41) is 10.5. The summed E-state index contributed by atoms with van der Waals surface area (Å²) in [6.45, 7) is 2.64. The number of phenolic OH excluding ortho intramolecular Hbond substituents is 1. The molecule has 186 valence electrons. The van der Waals surface area contributed by atoms with E-state index >= 15 is 0 Å². The third-order valence-corrected chi connectivity index (χ3v) is 7.86. The zero-order valence-electron chi connectivity index (χ0n) is 20.4. The van der Waals surface area contributed by atoms with Gasteiger partial charge in [0.05, 0.1) is 13.7 Å². The quantitative estimate of drug-likeness (QED) is 0.615. The minimum Gasteiger partial charge on any atom is -0.504 e. The van der Waals surface area contributed by atoms with Crippen molar-refractivity contribution in [3.05, 3.63) is 59.2 Å². The summed E-state index contributed by atoms with van der Waals surface area (Å²) in [6.07, 6.45) is 2.54. The van der Waals surface area contributed by atoms with Gasteiger partial charge in [0.2, 0.25) is 0 Å². The van der Waals surface area contributed by atoms with Crippen LogP contribution in [0.3, 0.4) is 0 Å². The number of likely N-dealkylation sites (tertiary alicyclic amines) is 1. The molecule has 5 rings (SSSR count). The number of benzene rings is 2. The molecule has 0 unspecified atom stereocenters. The molecule has 2 fully saturated rings. The topological polar surface area (TPSA) is 82.6 Å². The highest BCUT2D eigenvalue weighted by atomic mass is 16.5. The Morgan fingerprint density at radius 3 is 2.31 bits per heavy atom. The van der Waals surface area contributed by atoms with E-state index in [4.69, 9.17) is 9.47 Å². The summed E-state index contributed by atoms with van der Waals surface area (Å²) in [4.78, 5) is 33.1. The highest BCUT2D eigenvalue weighted by Gasteiger charge is 2.59. The highest BCUT2D eigenvalue weighted by molar-refractivity contribution is 6.07. The van der Waals surface area contributed by atoms with Crippen molar-refractivity contribution in [2.75, 3.05) is 40.5 Å². The second kappa shape index (κ2) is 9.51. The van der Waals surface area contributed by atoms with Gasteiger partial charge in [-0.15, -0.1) is 0 Å². The number of ether oxygens (including phenoxy) is 2. The molecule has 35 heavy (non-hydrogen) atoms. The van der Waals surface area contributed by atoms with Gasteiger partial charge >= 0.3 is 6.03 Å². The maximum Gasteiger partial charge on any atom is 0.328 e. The van der Waals surface area contributed by atoms with Crippen molar-refractivity contribution in [1.82, 2.24) is 14.7 Å². The van der Waals surface area contributed by atoms with E-state index in [2.05, 4.69) is 17.0 Å². The van der Waals surface area contributed by atoms with E-state index < -0.39 is 5.54 Å². The summed E-state index contributed by atoms with van der Waals surface area (Å²) in [6, 6.07) is 13.4. The van der Waals surface area contributed by atoms with Gasteiger partial charge in [-0.3, -0.25) is 14.6 Å². The summed E-state index contributed by atoms with van der Waals surface area (Å²) in [7, 11) is 3.15. The van der Waals surface area contributed by atoms with Gasteiger partial charge in [-0.05, 0) is 42.9 Å². The molecule has 1 N–H and O–H groups in total. The van der Waals surface area contributed by atoms with Gasteiger partial charge in [0.1, 0.15) is 5.54 Å². The second-order valence-electron chi connectivity index (χ2n) is 9.71. The summed E-state index contributed by atoms with van der Waals surface area (Å²) >= 11 is 0. The average Bonchev–Trinajstić information content (AvgIpc) is 3.37. The van der Waals surface area contributed by atoms with Gasteiger partial charge in [0.15, 0.2) is 11.5 Å². The maximum absolute atomic E-state index is 14.0. The Kier molecular flexibility index (Phi) is 6.42. The Bertz CT molecular complexity index is 1090. The second-order valence-corrected chi connectivity index (χ2v) is 9.71. The van der Waals surface area contributed by atoms with Crippen molar-refractivity contribution < 1.29 is 24.2 Å². The summed E-state index contributed by atoms with van der Waals surface area (Å²) < 4.78 is 10.5. The Morgan fingerprint density at radius 1 is 1.00 bits per heavy atom. The number of hydrogen-bond donors (Lipinski definition) is 1.